The molecule has 1 aliphatic rings. The molecular weight excluding hydrogens is 421 g/mol. The van der Waals surface area contributed by atoms with Gasteiger partial charge in [0.15, 0.2) is 5.15 Å². The molecule has 3 rings (SSSR count). The molecule has 0 aromatic carbocycles. The van der Waals surface area contributed by atoms with E-state index in [1.54, 1.807) is 0 Å². The zero-order chi connectivity index (χ0) is 21.4. The standard InChI is InChI=1S/C16H19ClF5N7/c1-3-28-5-4-15(18,19)11(8-28)29-12(17)10(7-25-29)26-14-24-6-9(16(20,21)22)13(23-2)27-14/h6-7,11H,3-5,8H2,1-2H3,(H2,23,24,26,27)/t11-/m1/s1. The first-order chi connectivity index (χ1) is 13.6. The molecule has 1 atom stereocenters. The van der Waals surface area contributed by atoms with Gasteiger partial charge in [-0.1, -0.05) is 18.5 Å². The van der Waals surface area contributed by atoms with Gasteiger partial charge in [-0.25, -0.2) is 18.4 Å². The van der Waals surface area contributed by atoms with E-state index in [0.717, 1.165) is 4.68 Å². The number of alkyl halides is 5. The molecule has 0 bridgehead atoms. The molecule has 0 spiro atoms. The second-order valence-corrected chi connectivity index (χ2v) is 6.90. The maximum Gasteiger partial charge on any atom is 0.421 e. The molecule has 0 saturated carbocycles. The first-order valence-corrected chi connectivity index (χ1v) is 9.16. The smallest absolute Gasteiger partial charge is 0.372 e. The van der Waals surface area contributed by atoms with Crippen LogP contribution in [0, 0.1) is 0 Å². The number of aromatic nitrogens is 4. The number of nitrogens with one attached hydrogen (secondary N) is 2. The second kappa shape index (κ2) is 7.90. The van der Waals surface area contributed by atoms with Crippen LogP contribution in [0.5, 0.6) is 0 Å². The first-order valence-electron chi connectivity index (χ1n) is 8.79. The van der Waals surface area contributed by atoms with Gasteiger partial charge in [-0.3, -0.25) is 0 Å². The van der Waals surface area contributed by atoms with Gasteiger partial charge in [-0.2, -0.15) is 23.3 Å². The van der Waals surface area contributed by atoms with E-state index < -0.39 is 29.5 Å². The quantitative estimate of drug-likeness (QED) is 0.685. The number of likely N-dealkylation sites (tertiary alicyclic amines) is 1. The summed E-state index contributed by atoms with van der Waals surface area (Å²) < 4.78 is 68.7. The highest BCUT2D eigenvalue weighted by Crippen LogP contribution is 2.40. The molecule has 0 aliphatic carbocycles. The third-order valence-corrected chi connectivity index (χ3v) is 5.11. The Morgan fingerprint density at radius 3 is 2.66 bits per heavy atom. The van der Waals surface area contributed by atoms with Crippen LogP contribution in [-0.2, 0) is 6.18 Å². The summed E-state index contributed by atoms with van der Waals surface area (Å²) in [5.41, 5.74) is -0.924. The zero-order valence-corrected chi connectivity index (χ0v) is 16.3. The summed E-state index contributed by atoms with van der Waals surface area (Å²) in [7, 11) is 1.29. The van der Waals surface area contributed by atoms with Crippen molar-refractivity contribution in [2.24, 2.45) is 0 Å². The van der Waals surface area contributed by atoms with E-state index in [9.17, 15) is 22.0 Å². The Kier molecular flexibility index (Phi) is 5.86. The summed E-state index contributed by atoms with van der Waals surface area (Å²) in [5.74, 6) is -3.62. The van der Waals surface area contributed by atoms with Gasteiger partial charge >= 0.3 is 6.18 Å². The molecule has 29 heavy (non-hydrogen) atoms. The summed E-state index contributed by atoms with van der Waals surface area (Å²) in [4.78, 5) is 9.26. The van der Waals surface area contributed by atoms with E-state index in [1.807, 2.05) is 11.8 Å². The molecular formula is C16H19ClF5N7. The second-order valence-electron chi connectivity index (χ2n) is 6.54. The van der Waals surface area contributed by atoms with Crippen molar-refractivity contribution in [1.29, 1.82) is 0 Å². The molecule has 0 amide bonds. The number of likely N-dealkylation sites (N-methyl/N-ethyl adjacent to an activating group) is 1. The van der Waals surface area contributed by atoms with Gasteiger partial charge < -0.3 is 15.5 Å². The Hall–Kier alpha value is -2.21. The molecule has 1 fully saturated rings. The third-order valence-electron chi connectivity index (χ3n) is 4.73. The van der Waals surface area contributed by atoms with Crippen LogP contribution in [0.25, 0.3) is 0 Å². The van der Waals surface area contributed by atoms with Crippen molar-refractivity contribution in [1.82, 2.24) is 24.6 Å². The maximum absolute atomic E-state index is 14.4. The van der Waals surface area contributed by atoms with Crippen LogP contribution in [0.3, 0.4) is 0 Å². The summed E-state index contributed by atoms with van der Waals surface area (Å²) in [6, 6.07) is -1.26. The van der Waals surface area contributed by atoms with E-state index in [2.05, 4.69) is 25.7 Å². The van der Waals surface area contributed by atoms with Crippen molar-refractivity contribution in [2.45, 2.75) is 31.5 Å². The number of hydrogen-bond donors (Lipinski definition) is 2. The van der Waals surface area contributed by atoms with Crippen molar-refractivity contribution in [3.63, 3.8) is 0 Å². The van der Waals surface area contributed by atoms with E-state index in [0.29, 0.717) is 12.7 Å². The fourth-order valence-electron chi connectivity index (χ4n) is 3.10. The van der Waals surface area contributed by atoms with Gasteiger partial charge in [0.25, 0.3) is 5.92 Å². The van der Waals surface area contributed by atoms with Crippen LogP contribution in [0.2, 0.25) is 5.15 Å². The predicted molar refractivity (Wildman–Crippen MR) is 97.8 cm³/mol. The van der Waals surface area contributed by atoms with Gasteiger partial charge in [-0.05, 0) is 6.54 Å². The van der Waals surface area contributed by atoms with Crippen molar-refractivity contribution in [3.8, 4) is 0 Å². The Bertz CT molecular complexity index is 870. The monoisotopic (exact) mass is 439 g/mol. The number of nitrogens with zero attached hydrogens (tertiary/aromatic N) is 5. The molecule has 160 valence electrons. The SMILES string of the molecule is CCN1CCC(F)(F)[C@H](n2ncc(Nc3ncc(C(F)(F)F)c(NC)n3)c2Cl)C1. The number of piperidine rings is 1. The van der Waals surface area contributed by atoms with E-state index in [-0.39, 0.29) is 36.3 Å². The summed E-state index contributed by atoms with van der Waals surface area (Å²) in [5, 5.41) is 8.84. The van der Waals surface area contributed by atoms with Gasteiger partial charge in [0.05, 0.1) is 11.9 Å². The van der Waals surface area contributed by atoms with Crippen LogP contribution in [-0.4, -0.2) is 57.3 Å². The molecule has 2 aromatic heterocycles. The Morgan fingerprint density at radius 1 is 1.31 bits per heavy atom. The number of halogens is 6. The largest absolute Gasteiger partial charge is 0.421 e. The van der Waals surface area contributed by atoms with Crippen LogP contribution in [0.15, 0.2) is 12.4 Å². The first kappa shape index (κ1) is 21.5. The van der Waals surface area contributed by atoms with E-state index in [1.165, 1.54) is 13.2 Å². The van der Waals surface area contributed by atoms with Crippen molar-refractivity contribution in [2.75, 3.05) is 37.3 Å². The molecule has 0 radical (unpaired) electrons. The number of rotatable bonds is 5. The number of hydrogen-bond acceptors (Lipinski definition) is 6. The lowest BCUT2D eigenvalue weighted by atomic mass is 10.0. The summed E-state index contributed by atoms with van der Waals surface area (Å²) >= 11 is 6.24. The Labute approximate surface area is 168 Å². The van der Waals surface area contributed by atoms with Gasteiger partial charge in [0.1, 0.15) is 17.4 Å². The Morgan fingerprint density at radius 2 is 2.03 bits per heavy atom. The molecule has 1 aliphatic heterocycles. The van der Waals surface area contributed by atoms with Crippen LogP contribution >= 0.6 is 11.6 Å². The summed E-state index contributed by atoms with van der Waals surface area (Å²) in [6.07, 6.45) is -3.12. The van der Waals surface area contributed by atoms with Crippen molar-refractivity contribution >= 4 is 29.1 Å². The maximum atomic E-state index is 14.4. The van der Waals surface area contributed by atoms with E-state index in [4.69, 9.17) is 11.6 Å². The van der Waals surface area contributed by atoms with Crippen molar-refractivity contribution < 1.29 is 22.0 Å². The highest BCUT2D eigenvalue weighted by molar-refractivity contribution is 6.32. The van der Waals surface area contributed by atoms with Gasteiger partial charge in [0, 0.05) is 32.8 Å². The molecule has 0 unspecified atom stereocenters. The lowest BCUT2D eigenvalue weighted by Crippen LogP contribution is -2.48. The predicted octanol–water partition coefficient (Wildman–Crippen LogP) is 4.03. The molecule has 7 nitrogen and oxygen atoms in total. The fourth-order valence-corrected chi connectivity index (χ4v) is 3.35. The fraction of sp³-hybridized carbons (Fsp3) is 0.562. The lowest BCUT2D eigenvalue weighted by Gasteiger charge is -2.38. The molecule has 3 heterocycles. The number of anilines is 3. The average Bonchev–Trinajstić information content (AvgIpc) is 3.01. The Balaban J connectivity index is 1.86. The molecule has 2 N–H and O–H groups in total. The van der Waals surface area contributed by atoms with Crippen LogP contribution in [0.1, 0.15) is 24.9 Å². The minimum atomic E-state index is -4.63. The zero-order valence-electron chi connectivity index (χ0n) is 15.6. The van der Waals surface area contributed by atoms with Crippen LogP contribution < -0.4 is 10.6 Å². The highest BCUT2D eigenvalue weighted by Gasteiger charge is 2.46. The van der Waals surface area contributed by atoms with Gasteiger partial charge in [-0.15, -0.1) is 0 Å². The molecule has 2 aromatic rings. The van der Waals surface area contributed by atoms with Gasteiger partial charge in [0.2, 0.25) is 5.95 Å². The third kappa shape index (κ3) is 4.37. The highest BCUT2D eigenvalue weighted by atomic mass is 35.5. The topological polar surface area (TPSA) is 70.9 Å². The normalized spacial score (nSPS) is 19.9. The molecule has 1 saturated heterocycles. The van der Waals surface area contributed by atoms with E-state index >= 15 is 0 Å². The van der Waals surface area contributed by atoms with Crippen LogP contribution in [0.4, 0.5) is 39.4 Å². The minimum Gasteiger partial charge on any atom is -0.372 e. The average molecular weight is 440 g/mol. The molecule has 13 heteroatoms. The van der Waals surface area contributed by atoms with Crippen molar-refractivity contribution in [3.05, 3.63) is 23.1 Å². The minimum absolute atomic E-state index is 0.0744. The lowest BCUT2D eigenvalue weighted by molar-refractivity contribution is -0.137. The summed E-state index contributed by atoms with van der Waals surface area (Å²) in [6.45, 7) is 2.84.